The third-order valence-corrected chi connectivity index (χ3v) is 6.47. The number of carbonyl (C=O) groups is 1. The van der Waals surface area contributed by atoms with Crippen LogP contribution in [0.4, 0.5) is 0 Å². The smallest absolute Gasteiger partial charge is 0.459 e. The van der Waals surface area contributed by atoms with Crippen molar-refractivity contribution in [2.45, 2.75) is 32.2 Å². The zero-order chi connectivity index (χ0) is 24.2. The predicted molar refractivity (Wildman–Crippen MR) is 119 cm³/mol. The lowest BCUT2D eigenvalue weighted by Crippen LogP contribution is -2.35. The minimum Gasteiger partial charge on any atom is -0.468 e. The van der Waals surface area contributed by atoms with Crippen LogP contribution >= 0.6 is 19.3 Å². The minimum atomic E-state index is -4.07. The van der Waals surface area contributed by atoms with Crippen molar-refractivity contribution in [3.05, 3.63) is 74.0 Å². The van der Waals surface area contributed by atoms with E-state index in [1.807, 2.05) is 0 Å². The van der Waals surface area contributed by atoms with Gasteiger partial charge in [0.2, 0.25) is 0 Å². The number of aryl methyl sites for hydroxylation is 1. The van der Waals surface area contributed by atoms with Crippen LogP contribution in [0.5, 0.6) is 5.75 Å². The summed E-state index contributed by atoms with van der Waals surface area (Å²) in [5.74, 6) is -0.466. The van der Waals surface area contributed by atoms with E-state index in [9.17, 15) is 18.9 Å². The summed E-state index contributed by atoms with van der Waals surface area (Å²) >= 11 is 5.87. The number of rotatable bonds is 9. The molecule has 13 heteroatoms. The average molecular weight is 500 g/mol. The topological polar surface area (TPSA) is 138 Å². The third-order valence-electron chi connectivity index (χ3n) is 4.58. The molecule has 4 atom stereocenters. The van der Waals surface area contributed by atoms with E-state index in [0.717, 1.165) is 0 Å². The van der Waals surface area contributed by atoms with Crippen LogP contribution in [0.25, 0.3) is 0 Å². The summed E-state index contributed by atoms with van der Waals surface area (Å²) in [5.41, 5.74) is -0.774. The van der Waals surface area contributed by atoms with Crippen molar-refractivity contribution in [3.8, 4) is 5.75 Å². The van der Waals surface area contributed by atoms with Gasteiger partial charge in [0.25, 0.3) is 5.56 Å². The average Bonchev–Trinajstić information content (AvgIpc) is 3.25. The molecule has 0 aliphatic carbocycles. The van der Waals surface area contributed by atoms with E-state index >= 15 is 0 Å². The molecular formula is C20H23ClN3O8P. The van der Waals surface area contributed by atoms with Crippen molar-refractivity contribution < 1.29 is 27.9 Å². The lowest BCUT2D eigenvalue weighted by molar-refractivity contribution is -0.142. The Bertz CT molecular complexity index is 1190. The number of carbonyl (C=O) groups excluding carboxylic acids is 1. The second kappa shape index (κ2) is 10.5. The Morgan fingerprint density at radius 1 is 1.30 bits per heavy atom. The van der Waals surface area contributed by atoms with Gasteiger partial charge in [0.1, 0.15) is 17.9 Å². The molecule has 0 saturated carbocycles. The molecule has 33 heavy (non-hydrogen) atoms. The van der Waals surface area contributed by atoms with Crippen LogP contribution in [0.1, 0.15) is 18.7 Å². The molecule has 2 aromatic rings. The first-order valence-corrected chi connectivity index (χ1v) is 11.7. The number of nitrogens with zero attached hydrogens (tertiary/aromatic N) is 1. The standard InChI is InChI=1S/C20H23ClN3O8P/c1-12-10-24(20(27)22-18(12)25)17-9-8-16(31-17)11-30-33(28,23-13(2)19(26)29-3)32-15-6-4-14(21)5-7-15/h4-10,13,16-17H,11H2,1-3H3,(H,23,28)(H,22,25,27). The number of aromatic nitrogens is 2. The quantitative estimate of drug-likeness (QED) is 0.302. The van der Waals surface area contributed by atoms with Gasteiger partial charge in [-0.15, -0.1) is 0 Å². The molecule has 0 radical (unpaired) electrons. The molecule has 0 bridgehead atoms. The van der Waals surface area contributed by atoms with Gasteiger partial charge in [-0.05, 0) is 44.2 Å². The zero-order valence-electron chi connectivity index (χ0n) is 18.0. The summed E-state index contributed by atoms with van der Waals surface area (Å²) in [6.07, 6.45) is 3.12. The van der Waals surface area contributed by atoms with Crippen molar-refractivity contribution in [3.63, 3.8) is 0 Å². The Morgan fingerprint density at radius 2 is 2.00 bits per heavy atom. The van der Waals surface area contributed by atoms with E-state index in [0.29, 0.717) is 10.6 Å². The maximum Gasteiger partial charge on any atom is 0.459 e. The summed E-state index contributed by atoms with van der Waals surface area (Å²) in [6.45, 7) is 2.78. The Hall–Kier alpha value is -2.69. The van der Waals surface area contributed by atoms with Gasteiger partial charge in [-0.25, -0.2) is 9.36 Å². The number of methoxy groups -OCH3 is 1. The lowest BCUT2D eigenvalue weighted by Gasteiger charge is -2.24. The molecule has 1 aliphatic heterocycles. The summed E-state index contributed by atoms with van der Waals surface area (Å²) < 4.78 is 36.0. The van der Waals surface area contributed by atoms with Crippen molar-refractivity contribution in [2.75, 3.05) is 13.7 Å². The molecule has 0 amide bonds. The fraction of sp³-hybridized carbons (Fsp3) is 0.350. The number of H-pyrrole nitrogens is 1. The van der Waals surface area contributed by atoms with Gasteiger partial charge in [-0.1, -0.05) is 17.7 Å². The Kier molecular flexibility index (Phi) is 7.93. The van der Waals surface area contributed by atoms with Crippen LogP contribution in [-0.2, 0) is 23.4 Å². The molecule has 1 aromatic heterocycles. The van der Waals surface area contributed by atoms with Gasteiger partial charge in [0.05, 0.1) is 13.7 Å². The summed E-state index contributed by atoms with van der Waals surface area (Å²) in [4.78, 5) is 37.7. The number of nitrogens with one attached hydrogen (secondary N) is 2. The summed E-state index contributed by atoms with van der Waals surface area (Å²) in [5, 5.41) is 2.98. The summed E-state index contributed by atoms with van der Waals surface area (Å²) in [6, 6.07) is 5.08. The number of aromatic amines is 1. The van der Waals surface area contributed by atoms with Crippen LogP contribution in [-0.4, -0.2) is 41.4 Å². The molecule has 1 aliphatic rings. The fourth-order valence-corrected chi connectivity index (χ4v) is 4.51. The second-order valence-corrected chi connectivity index (χ2v) is 9.27. The molecule has 0 saturated heterocycles. The van der Waals surface area contributed by atoms with Crippen LogP contribution in [0, 0.1) is 6.92 Å². The van der Waals surface area contributed by atoms with E-state index in [1.54, 1.807) is 31.2 Å². The maximum absolute atomic E-state index is 13.4. The van der Waals surface area contributed by atoms with Crippen LogP contribution < -0.4 is 20.9 Å². The van der Waals surface area contributed by atoms with E-state index in [-0.39, 0.29) is 12.4 Å². The van der Waals surface area contributed by atoms with Gasteiger partial charge in [-0.2, -0.15) is 5.09 Å². The zero-order valence-corrected chi connectivity index (χ0v) is 19.7. The molecule has 0 fully saturated rings. The first kappa shape index (κ1) is 24.9. The molecule has 2 heterocycles. The Labute approximate surface area is 193 Å². The van der Waals surface area contributed by atoms with Gasteiger partial charge in [-0.3, -0.25) is 23.7 Å². The van der Waals surface area contributed by atoms with E-state index < -0.39 is 43.3 Å². The number of hydrogen-bond donors (Lipinski definition) is 2. The highest BCUT2D eigenvalue weighted by Crippen LogP contribution is 2.45. The van der Waals surface area contributed by atoms with Gasteiger partial charge < -0.3 is 14.0 Å². The number of ether oxygens (including phenoxy) is 2. The maximum atomic E-state index is 13.4. The molecule has 11 nitrogen and oxygen atoms in total. The van der Waals surface area contributed by atoms with Crippen molar-refractivity contribution in [1.29, 1.82) is 0 Å². The van der Waals surface area contributed by atoms with E-state index in [4.69, 9.17) is 25.4 Å². The van der Waals surface area contributed by atoms with Crippen LogP contribution in [0.15, 0.2) is 52.2 Å². The highest BCUT2D eigenvalue weighted by Gasteiger charge is 2.34. The molecule has 0 spiro atoms. The SMILES string of the molecule is COC(=O)C(C)NP(=O)(OCC1C=CC(n2cc(C)c(=O)[nH]c2=O)O1)Oc1ccc(Cl)cc1. The largest absolute Gasteiger partial charge is 0.468 e. The first-order chi connectivity index (χ1) is 15.6. The van der Waals surface area contributed by atoms with Gasteiger partial charge in [0.15, 0.2) is 6.23 Å². The molecule has 1 aromatic carbocycles. The molecule has 2 N–H and O–H groups in total. The first-order valence-electron chi connectivity index (χ1n) is 9.81. The van der Waals surface area contributed by atoms with E-state index in [2.05, 4.69) is 14.8 Å². The molecule has 178 valence electrons. The van der Waals surface area contributed by atoms with E-state index in [1.165, 1.54) is 36.9 Å². The Balaban J connectivity index is 1.71. The number of benzene rings is 1. The highest BCUT2D eigenvalue weighted by molar-refractivity contribution is 7.52. The normalized spacial score (nSPS) is 20.2. The number of hydrogen-bond acceptors (Lipinski definition) is 8. The Morgan fingerprint density at radius 3 is 2.67 bits per heavy atom. The molecule has 3 rings (SSSR count). The number of halogens is 1. The van der Waals surface area contributed by atoms with Gasteiger partial charge >= 0.3 is 19.4 Å². The van der Waals surface area contributed by atoms with Crippen molar-refractivity contribution in [2.24, 2.45) is 0 Å². The van der Waals surface area contributed by atoms with Crippen molar-refractivity contribution in [1.82, 2.24) is 14.6 Å². The van der Waals surface area contributed by atoms with Crippen LogP contribution in [0.3, 0.4) is 0 Å². The molecular weight excluding hydrogens is 477 g/mol. The third kappa shape index (κ3) is 6.43. The van der Waals surface area contributed by atoms with Gasteiger partial charge in [0, 0.05) is 16.8 Å². The summed E-state index contributed by atoms with van der Waals surface area (Å²) in [7, 11) is -2.87. The fourth-order valence-electron chi connectivity index (χ4n) is 2.88. The highest BCUT2D eigenvalue weighted by atomic mass is 35.5. The van der Waals surface area contributed by atoms with Crippen molar-refractivity contribution >= 4 is 25.3 Å². The second-order valence-electron chi connectivity index (χ2n) is 7.14. The predicted octanol–water partition coefficient (Wildman–Crippen LogP) is 2.31. The monoisotopic (exact) mass is 499 g/mol. The molecule has 4 unspecified atom stereocenters. The lowest BCUT2D eigenvalue weighted by atomic mass is 10.3. The number of esters is 1. The van der Waals surface area contributed by atoms with Crippen LogP contribution in [0.2, 0.25) is 5.02 Å². The minimum absolute atomic E-state index is 0.198.